The van der Waals surface area contributed by atoms with Crippen molar-refractivity contribution in [3.63, 3.8) is 0 Å². The number of nitrogens with two attached hydrogens (primary N) is 1. The summed E-state index contributed by atoms with van der Waals surface area (Å²) in [6.07, 6.45) is 1.75. The molecule has 1 atom stereocenters. The summed E-state index contributed by atoms with van der Waals surface area (Å²) in [5.41, 5.74) is 8.13. The highest BCUT2D eigenvalue weighted by molar-refractivity contribution is 7.99. The summed E-state index contributed by atoms with van der Waals surface area (Å²) in [5.74, 6) is 2.18. The van der Waals surface area contributed by atoms with Crippen LogP contribution in [0.25, 0.3) is 0 Å². The first-order valence-electron chi connectivity index (χ1n) is 6.54. The quantitative estimate of drug-likeness (QED) is 0.653. The molecular weight excluding hydrogens is 286 g/mol. The molecule has 0 radical (unpaired) electrons. The topological polar surface area (TPSA) is 70.3 Å². The van der Waals surface area contributed by atoms with Crippen molar-refractivity contribution in [3.05, 3.63) is 41.7 Å². The average molecular weight is 305 g/mol. The molecule has 112 valence electrons. The minimum atomic E-state index is -0.191. The molecular formula is C15H19N3O2S. The highest BCUT2D eigenvalue weighted by atomic mass is 32.2. The second kappa shape index (κ2) is 7.28. The number of hydrogen-bond acceptors (Lipinski definition) is 6. The molecule has 21 heavy (non-hydrogen) atoms. The van der Waals surface area contributed by atoms with Crippen LogP contribution in [0.5, 0.6) is 11.5 Å². The molecule has 0 aliphatic rings. The summed E-state index contributed by atoms with van der Waals surface area (Å²) in [6, 6.07) is 7.30. The van der Waals surface area contributed by atoms with Gasteiger partial charge in [0.05, 0.1) is 14.2 Å². The van der Waals surface area contributed by atoms with Crippen LogP contribution in [0.3, 0.4) is 0 Å². The monoisotopic (exact) mass is 305 g/mol. The summed E-state index contributed by atoms with van der Waals surface area (Å²) >= 11 is 1.53. The van der Waals surface area contributed by atoms with Crippen molar-refractivity contribution in [2.24, 2.45) is 5.73 Å². The Morgan fingerprint density at radius 3 is 2.71 bits per heavy atom. The van der Waals surface area contributed by atoms with Crippen LogP contribution in [-0.4, -0.2) is 29.9 Å². The van der Waals surface area contributed by atoms with Crippen LogP contribution in [0.4, 0.5) is 0 Å². The summed E-state index contributed by atoms with van der Waals surface area (Å²) in [5, 5.41) is 0.729. The number of benzene rings is 1. The Kier molecular flexibility index (Phi) is 5.41. The van der Waals surface area contributed by atoms with Gasteiger partial charge in [0.25, 0.3) is 0 Å². The second-order valence-electron chi connectivity index (χ2n) is 4.51. The van der Waals surface area contributed by atoms with Crippen LogP contribution < -0.4 is 15.2 Å². The SMILES string of the molecule is COc1ccc(OC)c(C(N)CSc2nccc(C)n2)c1. The smallest absolute Gasteiger partial charge is 0.187 e. The molecule has 0 bridgehead atoms. The number of thioether (sulfide) groups is 1. The van der Waals surface area contributed by atoms with Gasteiger partial charge >= 0.3 is 0 Å². The van der Waals surface area contributed by atoms with Gasteiger partial charge in [-0.25, -0.2) is 9.97 Å². The highest BCUT2D eigenvalue weighted by Crippen LogP contribution is 2.30. The third-order valence-electron chi connectivity index (χ3n) is 3.00. The summed E-state index contributed by atoms with van der Waals surface area (Å²) in [7, 11) is 3.27. The molecule has 1 unspecified atom stereocenters. The molecule has 0 spiro atoms. The van der Waals surface area contributed by atoms with Crippen molar-refractivity contribution in [2.45, 2.75) is 18.1 Å². The molecule has 1 aromatic heterocycles. The van der Waals surface area contributed by atoms with E-state index in [-0.39, 0.29) is 6.04 Å². The molecule has 0 fully saturated rings. The summed E-state index contributed by atoms with van der Waals surface area (Å²) < 4.78 is 10.6. The van der Waals surface area contributed by atoms with E-state index in [2.05, 4.69) is 9.97 Å². The Morgan fingerprint density at radius 2 is 2.05 bits per heavy atom. The van der Waals surface area contributed by atoms with Crippen molar-refractivity contribution in [2.75, 3.05) is 20.0 Å². The zero-order chi connectivity index (χ0) is 15.2. The van der Waals surface area contributed by atoms with E-state index in [0.29, 0.717) is 5.75 Å². The molecule has 2 rings (SSSR count). The predicted octanol–water partition coefficient (Wildman–Crippen LogP) is 2.59. The maximum Gasteiger partial charge on any atom is 0.187 e. The van der Waals surface area contributed by atoms with Gasteiger partial charge in [0, 0.05) is 29.2 Å². The number of aryl methyl sites for hydroxylation is 1. The molecule has 6 heteroatoms. The van der Waals surface area contributed by atoms with Gasteiger partial charge in [0.15, 0.2) is 5.16 Å². The van der Waals surface area contributed by atoms with Crippen LogP contribution >= 0.6 is 11.8 Å². The maximum absolute atomic E-state index is 6.27. The normalized spacial score (nSPS) is 12.0. The number of aromatic nitrogens is 2. The van der Waals surface area contributed by atoms with Gasteiger partial charge in [0.2, 0.25) is 0 Å². The zero-order valence-electron chi connectivity index (χ0n) is 12.4. The van der Waals surface area contributed by atoms with Gasteiger partial charge in [0.1, 0.15) is 11.5 Å². The third kappa shape index (κ3) is 4.09. The van der Waals surface area contributed by atoms with E-state index >= 15 is 0 Å². The molecule has 0 aliphatic carbocycles. The lowest BCUT2D eigenvalue weighted by Gasteiger charge is -2.16. The van der Waals surface area contributed by atoms with E-state index in [1.807, 2.05) is 31.2 Å². The van der Waals surface area contributed by atoms with Crippen LogP contribution in [0.2, 0.25) is 0 Å². The standard InChI is InChI=1S/C15H19N3O2S/c1-10-6-7-17-15(18-10)21-9-13(16)12-8-11(19-2)4-5-14(12)20-3/h4-8,13H,9,16H2,1-3H3. The number of nitrogens with zero attached hydrogens (tertiary/aromatic N) is 2. The van der Waals surface area contributed by atoms with Crippen LogP contribution in [0.15, 0.2) is 35.6 Å². The minimum absolute atomic E-state index is 0.191. The molecule has 1 heterocycles. The van der Waals surface area contributed by atoms with Gasteiger partial charge in [-0.1, -0.05) is 11.8 Å². The third-order valence-corrected chi connectivity index (χ3v) is 3.98. The molecule has 5 nitrogen and oxygen atoms in total. The molecule has 1 aromatic carbocycles. The van der Waals surface area contributed by atoms with Crippen LogP contribution in [0, 0.1) is 6.92 Å². The fourth-order valence-electron chi connectivity index (χ4n) is 1.88. The first-order chi connectivity index (χ1) is 10.1. The Morgan fingerprint density at radius 1 is 1.24 bits per heavy atom. The van der Waals surface area contributed by atoms with E-state index in [9.17, 15) is 0 Å². The molecule has 2 N–H and O–H groups in total. The van der Waals surface area contributed by atoms with Crippen LogP contribution in [0.1, 0.15) is 17.3 Å². The van der Waals surface area contributed by atoms with E-state index in [1.165, 1.54) is 11.8 Å². The fraction of sp³-hybridized carbons (Fsp3) is 0.333. The Bertz CT molecular complexity index is 607. The van der Waals surface area contributed by atoms with Gasteiger partial charge < -0.3 is 15.2 Å². The molecule has 0 amide bonds. The number of ether oxygens (including phenoxy) is 2. The maximum atomic E-state index is 6.27. The van der Waals surface area contributed by atoms with Gasteiger partial charge in [-0.05, 0) is 31.2 Å². The fourth-order valence-corrected chi connectivity index (χ4v) is 2.73. The van der Waals surface area contributed by atoms with Crippen molar-refractivity contribution in [3.8, 4) is 11.5 Å². The van der Waals surface area contributed by atoms with E-state index in [0.717, 1.165) is 27.9 Å². The lowest BCUT2D eigenvalue weighted by Crippen LogP contribution is -2.14. The van der Waals surface area contributed by atoms with E-state index in [4.69, 9.17) is 15.2 Å². The van der Waals surface area contributed by atoms with Crippen molar-refractivity contribution >= 4 is 11.8 Å². The first kappa shape index (κ1) is 15.6. The van der Waals surface area contributed by atoms with Crippen molar-refractivity contribution in [1.82, 2.24) is 9.97 Å². The summed E-state index contributed by atoms with van der Waals surface area (Å²) in [6.45, 7) is 1.94. The average Bonchev–Trinajstić information content (AvgIpc) is 2.52. The largest absolute Gasteiger partial charge is 0.497 e. The number of methoxy groups -OCH3 is 2. The first-order valence-corrected chi connectivity index (χ1v) is 7.52. The number of hydrogen-bond donors (Lipinski definition) is 1. The zero-order valence-corrected chi connectivity index (χ0v) is 13.2. The predicted molar refractivity (Wildman–Crippen MR) is 84.0 cm³/mol. The lowest BCUT2D eigenvalue weighted by molar-refractivity contribution is 0.396. The van der Waals surface area contributed by atoms with Crippen molar-refractivity contribution < 1.29 is 9.47 Å². The van der Waals surface area contributed by atoms with Crippen LogP contribution in [-0.2, 0) is 0 Å². The molecule has 0 saturated heterocycles. The van der Waals surface area contributed by atoms with E-state index < -0.39 is 0 Å². The summed E-state index contributed by atoms with van der Waals surface area (Å²) in [4.78, 5) is 8.58. The highest BCUT2D eigenvalue weighted by Gasteiger charge is 2.14. The second-order valence-corrected chi connectivity index (χ2v) is 5.49. The molecule has 0 saturated carbocycles. The van der Waals surface area contributed by atoms with Gasteiger partial charge in [-0.15, -0.1) is 0 Å². The number of rotatable bonds is 6. The van der Waals surface area contributed by atoms with Gasteiger partial charge in [-0.2, -0.15) is 0 Å². The Balaban J connectivity index is 2.10. The van der Waals surface area contributed by atoms with Crippen molar-refractivity contribution in [1.29, 1.82) is 0 Å². The van der Waals surface area contributed by atoms with Gasteiger partial charge in [-0.3, -0.25) is 0 Å². The minimum Gasteiger partial charge on any atom is -0.497 e. The Hall–Kier alpha value is -1.79. The lowest BCUT2D eigenvalue weighted by atomic mass is 10.1. The Labute approximate surface area is 128 Å². The molecule has 0 aliphatic heterocycles. The van der Waals surface area contributed by atoms with E-state index in [1.54, 1.807) is 20.4 Å². The molecule has 2 aromatic rings.